The largest absolute Gasteiger partial charge is 1.00 e. The van der Waals surface area contributed by atoms with Crippen LogP contribution in [0.4, 0.5) is 10.5 Å². The van der Waals surface area contributed by atoms with Gasteiger partial charge in [0.2, 0.25) is 5.91 Å². The van der Waals surface area contributed by atoms with E-state index < -0.39 is 21.3 Å². The Balaban J connectivity index is 0.00000272. The third kappa shape index (κ3) is 5.54. The van der Waals surface area contributed by atoms with Crippen LogP contribution in [0.3, 0.4) is 0 Å². The van der Waals surface area contributed by atoms with Crippen molar-refractivity contribution in [1.82, 2.24) is 4.90 Å². The molecule has 1 aromatic carbocycles. The summed E-state index contributed by atoms with van der Waals surface area (Å²) < 4.78 is 33.8. The monoisotopic (exact) mass is 473 g/mol. The van der Waals surface area contributed by atoms with Gasteiger partial charge in [-0.2, -0.15) is 0 Å². The number of sulfonamides is 1. The van der Waals surface area contributed by atoms with E-state index in [1.54, 1.807) is 4.90 Å². The van der Waals surface area contributed by atoms with E-state index in [9.17, 15) is 18.0 Å². The van der Waals surface area contributed by atoms with E-state index in [4.69, 9.17) is 4.74 Å². The summed E-state index contributed by atoms with van der Waals surface area (Å²) in [5.41, 5.74) is 5.60. The average molecular weight is 474 g/mol. The minimum atomic E-state index is -3.95. The summed E-state index contributed by atoms with van der Waals surface area (Å²) in [6.45, 7) is 0.627. The van der Waals surface area contributed by atoms with Gasteiger partial charge >= 0.3 is 51.4 Å². The van der Waals surface area contributed by atoms with Crippen molar-refractivity contribution >= 4 is 27.6 Å². The number of carbonyl (C=O) groups is 2. The number of hydrogen-bond acceptors (Lipinski definition) is 5. The normalized spacial score (nSPS) is 18.2. The molecule has 164 valence electrons. The molecule has 1 N–H and O–H groups in total. The molecule has 1 heterocycles. The number of nitrogens with zero attached hydrogens (tertiary/aromatic N) is 2. The molecule has 0 bridgehead atoms. The maximum absolute atomic E-state index is 12.7. The molecule has 0 unspecified atom stereocenters. The van der Waals surface area contributed by atoms with E-state index >= 15 is 0 Å². The summed E-state index contributed by atoms with van der Waals surface area (Å²) in [5, 5.41) is 2.07. The first-order chi connectivity index (χ1) is 14.4. The number of ether oxygens (including phenoxy) is 1. The number of aryl methyl sites for hydroxylation is 2. The van der Waals surface area contributed by atoms with Gasteiger partial charge in [0.1, 0.15) is 6.61 Å². The van der Waals surface area contributed by atoms with Crippen molar-refractivity contribution in [2.24, 2.45) is 0 Å². The summed E-state index contributed by atoms with van der Waals surface area (Å²) in [6, 6.07) is 1.44. The molecule has 8 nitrogen and oxygen atoms in total. The number of hydrogen-bond donors (Lipinski definition) is 1. The molecule has 1 fully saturated rings. The van der Waals surface area contributed by atoms with Gasteiger partial charge < -0.3 is 19.7 Å². The van der Waals surface area contributed by atoms with Gasteiger partial charge in [-0.25, -0.2) is 8.42 Å². The zero-order valence-electron chi connectivity index (χ0n) is 18.3. The molecule has 1 saturated heterocycles. The fourth-order valence-electron chi connectivity index (χ4n) is 4.90. The third-order valence-electron chi connectivity index (χ3n) is 6.40. The molecule has 31 heavy (non-hydrogen) atoms. The Morgan fingerprint density at radius 2 is 1.68 bits per heavy atom. The van der Waals surface area contributed by atoms with Gasteiger partial charge in [0, 0.05) is 20.2 Å². The number of methoxy groups -OCH3 is 1. The molecule has 10 heteroatoms. The zero-order chi connectivity index (χ0) is 21.3. The maximum atomic E-state index is 12.7. The Hall–Kier alpha value is -0.494. The van der Waals surface area contributed by atoms with Crippen LogP contribution in [0.2, 0.25) is 0 Å². The minimum Gasteiger partial charge on any atom is -0.423 e. The summed E-state index contributed by atoms with van der Waals surface area (Å²) in [7, 11) is -2.50. The predicted octanol–water partition coefficient (Wildman–Crippen LogP) is -0.459. The fraction of sp³-hybridized carbons (Fsp3) is 0.619. The van der Waals surface area contributed by atoms with Crippen LogP contribution in [0.15, 0.2) is 6.07 Å². The van der Waals surface area contributed by atoms with Crippen LogP contribution < -0.4 is 56.7 Å². The molecule has 0 radical (unpaired) electrons. The second kappa shape index (κ2) is 10.6. The molecule has 4 rings (SSSR count). The van der Waals surface area contributed by atoms with Gasteiger partial charge in [-0.1, -0.05) is 6.07 Å². The van der Waals surface area contributed by atoms with Gasteiger partial charge in [-0.3, -0.25) is 9.59 Å². The van der Waals surface area contributed by atoms with Crippen molar-refractivity contribution < 1.29 is 74.1 Å². The summed E-state index contributed by atoms with van der Waals surface area (Å²) in [4.78, 5) is 26.1. The Bertz CT molecular complexity index is 926. The number of rotatable bonds is 5. The first kappa shape index (κ1) is 25.1. The fourth-order valence-corrected chi connectivity index (χ4v) is 6.14. The molecule has 3 amide bonds. The van der Waals surface area contributed by atoms with Crippen LogP contribution in [0, 0.1) is 0 Å². The Morgan fingerprint density at radius 1 is 1.10 bits per heavy atom. The SMILES string of the molecule is COCC(=O)N1CCC(S(=O)(=O)[N-]C(=O)Nc2c3c(cc4c2CCC4)CCC3)CC1.[K+]. The van der Waals surface area contributed by atoms with Gasteiger partial charge in [0.15, 0.2) is 16.1 Å². The second-order valence-electron chi connectivity index (χ2n) is 8.28. The quantitative estimate of drug-likeness (QED) is 0.583. The van der Waals surface area contributed by atoms with E-state index in [-0.39, 0.29) is 76.7 Å². The van der Waals surface area contributed by atoms with Crippen molar-refractivity contribution in [2.75, 3.05) is 32.1 Å². The Kier molecular flexibility index (Phi) is 8.61. The van der Waals surface area contributed by atoms with E-state index in [0.29, 0.717) is 13.1 Å². The maximum Gasteiger partial charge on any atom is 1.00 e. The Labute approximate surface area is 226 Å². The minimum absolute atomic E-state index is 0. The second-order valence-corrected chi connectivity index (χ2v) is 10.2. The number of likely N-dealkylation sites (tertiary alicyclic amines) is 1. The Morgan fingerprint density at radius 3 is 2.23 bits per heavy atom. The molecule has 1 aromatic rings. The number of fused-ring (bicyclic) bond motifs is 2. The van der Waals surface area contributed by atoms with Crippen LogP contribution in [0.25, 0.3) is 4.72 Å². The number of benzene rings is 1. The molecular formula is C21H28KN3O5S. The molecule has 1 aliphatic heterocycles. The van der Waals surface area contributed by atoms with E-state index in [2.05, 4.69) is 16.1 Å². The number of anilines is 1. The van der Waals surface area contributed by atoms with Crippen molar-refractivity contribution in [1.29, 1.82) is 0 Å². The van der Waals surface area contributed by atoms with E-state index in [0.717, 1.165) is 55.3 Å². The molecule has 3 aliphatic rings. The smallest absolute Gasteiger partial charge is 0.423 e. The summed E-state index contributed by atoms with van der Waals surface area (Å²) >= 11 is 0. The number of urea groups is 1. The number of piperidine rings is 1. The van der Waals surface area contributed by atoms with Crippen LogP contribution >= 0.6 is 0 Å². The van der Waals surface area contributed by atoms with Gasteiger partial charge in [-0.15, -0.1) is 0 Å². The summed E-state index contributed by atoms with van der Waals surface area (Å²) in [6.07, 6.45) is 6.45. The van der Waals surface area contributed by atoms with Gasteiger partial charge in [-0.05, 0) is 79.3 Å². The van der Waals surface area contributed by atoms with Gasteiger partial charge in [0.25, 0.3) is 0 Å². The molecule has 0 saturated carbocycles. The topological polar surface area (TPSA) is 107 Å². The van der Waals surface area contributed by atoms with Crippen molar-refractivity contribution in [3.63, 3.8) is 0 Å². The number of carbonyl (C=O) groups excluding carboxylic acids is 2. The van der Waals surface area contributed by atoms with Crippen LogP contribution in [-0.4, -0.2) is 57.3 Å². The molecule has 0 spiro atoms. The molecule has 0 atom stereocenters. The molecule has 0 aromatic heterocycles. The van der Waals surface area contributed by atoms with Crippen LogP contribution in [0.1, 0.15) is 47.9 Å². The predicted molar refractivity (Wildman–Crippen MR) is 113 cm³/mol. The first-order valence-corrected chi connectivity index (χ1v) is 12.1. The average Bonchev–Trinajstić information content (AvgIpc) is 3.37. The number of nitrogens with one attached hydrogen (secondary N) is 1. The van der Waals surface area contributed by atoms with Crippen molar-refractivity contribution in [2.45, 2.75) is 56.6 Å². The number of amides is 3. The third-order valence-corrected chi connectivity index (χ3v) is 8.13. The van der Waals surface area contributed by atoms with E-state index in [1.807, 2.05) is 0 Å². The summed E-state index contributed by atoms with van der Waals surface area (Å²) in [5.74, 6) is -0.158. The van der Waals surface area contributed by atoms with Crippen molar-refractivity contribution in [3.8, 4) is 0 Å². The van der Waals surface area contributed by atoms with Crippen LogP contribution in [-0.2, 0) is 45.2 Å². The van der Waals surface area contributed by atoms with Crippen LogP contribution in [0.5, 0.6) is 0 Å². The standard InChI is InChI=1S/C21H29N3O5S.K/c1-29-13-19(25)24-10-8-16(9-11-24)30(27,28)23-21(26)22-20-17-6-2-4-14(17)12-15-5-3-7-18(15)20;/h12,16H,2-11,13H2,1H3,(H2,22,23,26);/q;+1/p-1. The van der Waals surface area contributed by atoms with Crippen molar-refractivity contribution in [3.05, 3.63) is 33.0 Å². The molecular weight excluding hydrogens is 445 g/mol. The molecule has 2 aliphatic carbocycles. The zero-order valence-corrected chi connectivity index (χ0v) is 22.2. The van der Waals surface area contributed by atoms with Gasteiger partial charge in [0.05, 0.1) is 5.25 Å². The first-order valence-electron chi connectivity index (χ1n) is 10.6. The van der Waals surface area contributed by atoms with E-state index in [1.165, 1.54) is 18.2 Å².